The molecule has 0 spiro atoms. The van der Waals surface area contributed by atoms with Crippen molar-refractivity contribution in [3.63, 3.8) is 0 Å². The van der Waals surface area contributed by atoms with E-state index in [2.05, 4.69) is 0 Å². The second kappa shape index (κ2) is 6.22. The Balaban J connectivity index is 2.13. The molecule has 1 N–H and O–H groups in total. The molecule has 0 bridgehead atoms. The van der Waals surface area contributed by atoms with Crippen LogP contribution in [0.2, 0.25) is 0 Å². The summed E-state index contributed by atoms with van der Waals surface area (Å²) in [5.74, 6) is -1.35. The third-order valence-electron chi connectivity index (χ3n) is 3.32. The number of halogens is 2. The summed E-state index contributed by atoms with van der Waals surface area (Å²) in [6, 6.07) is 6.91. The highest BCUT2D eigenvalue weighted by atomic mass is 19.1. The van der Waals surface area contributed by atoms with Crippen LogP contribution >= 0.6 is 0 Å². The Morgan fingerprint density at radius 3 is 2.00 bits per heavy atom. The zero-order valence-electron chi connectivity index (χ0n) is 12.3. The first kappa shape index (κ1) is 15.4. The monoisotopic (exact) mass is 292 g/mol. The number of benzene rings is 2. The molecule has 0 aromatic heterocycles. The van der Waals surface area contributed by atoms with Gasteiger partial charge in [-0.25, -0.2) is 8.78 Å². The molecule has 0 radical (unpaired) electrons. The van der Waals surface area contributed by atoms with Gasteiger partial charge in [0, 0.05) is 18.2 Å². The number of aryl methyl sites for hydroxylation is 3. The van der Waals surface area contributed by atoms with E-state index in [0.29, 0.717) is 0 Å². The van der Waals surface area contributed by atoms with Gasteiger partial charge in [0.1, 0.15) is 30.1 Å². The molecule has 2 aromatic rings. The van der Waals surface area contributed by atoms with Crippen molar-refractivity contribution >= 4 is 0 Å². The van der Waals surface area contributed by atoms with E-state index >= 15 is 0 Å². The number of ether oxygens (including phenoxy) is 1. The molecular weight excluding hydrogens is 274 g/mol. The van der Waals surface area contributed by atoms with E-state index < -0.39 is 17.7 Å². The SMILES string of the molecule is Cc1cc(C)c(C(O)COc2cc(F)cc(F)c2)c(C)c1. The van der Waals surface area contributed by atoms with Crippen LogP contribution in [-0.2, 0) is 0 Å². The molecule has 0 amide bonds. The lowest BCUT2D eigenvalue weighted by molar-refractivity contribution is 0.106. The fourth-order valence-corrected chi connectivity index (χ4v) is 2.59. The van der Waals surface area contributed by atoms with Gasteiger partial charge >= 0.3 is 0 Å². The summed E-state index contributed by atoms with van der Waals surface area (Å²) in [6.45, 7) is 5.76. The van der Waals surface area contributed by atoms with Gasteiger partial charge in [0.25, 0.3) is 0 Å². The Hall–Kier alpha value is -1.94. The van der Waals surface area contributed by atoms with Gasteiger partial charge in [0.15, 0.2) is 0 Å². The highest BCUT2D eigenvalue weighted by Crippen LogP contribution is 2.25. The highest BCUT2D eigenvalue weighted by molar-refractivity contribution is 5.39. The standard InChI is InChI=1S/C17H18F2O2/c1-10-4-11(2)17(12(3)5-10)16(20)9-21-15-7-13(18)6-14(19)8-15/h4-8,16,20H,9H2,1-3H3. The van der Waals surface area contributed by atoms with Gasteiger partial charge in [0.05, 0.1) is 0 Å². The molecule has 0 aliphatic carbocycles. The van der Waals surface area contributed by atoms with Crippen molar-refractivity contribution in [1.29, 1.82) is 0 Å². The van der Waals surface area contributed by atoms with Crippen LogP contribution in [0.3, 0.4) is 0 Å². The van der Waals surface area contributed by atoms with Crippen LogP contribution in [0.1, 0.15) is 28.4 Å². The van der Waals surface area contributed by atoms with Crippen molar-refractivity contribution in [3.8, 4) is 5.75 Å². The first-order chi connectivity index (χ1) is 9.86. The number of hydrogen-bond donors (Lipinski definition) is 1. The van der Waals surface area contributed by atoms with E-state index in [1.54, 1.807) is 0 Å². The van der Waals surface area contributed by atoms with E-state index in [1.807, 2.05) is 32.9 Å². The molecule has 2 rings (SSSR count). The first-order valence-corrected chi connectivity index (χ1v) is 6.71. The van der Waals surface area contributed by atoms with Crippen LogP contribution in [0.15, 0.2) is 30.3 Å². The van der Waals surface area contributed by atoms with Gasteiger partial charge < -0.3 is 9.84 Å². The normalized spacial score (nSPS) is 12.3. The maximum absolute atomic E-state index is 13.1. The molecule has 1 atom stereocenters. The summed E-state index contributed by atoms with van der Waals surface area (Å²) >= 11 is 0. The van der Waals surface area contributed by atoms with Crippen LogP contribution < -0.4 is 4.74 Å². The lowest BCUT2D eigenvalue weighted by atomic mass is 9.96. The van der Waals surface area contributed by atoms with Gasteiger partial charge in [-0.2, -0.15) is 0 Å². The molecule has 0 saturated carbocycles. The van der Waals surface area contributed by atoms with Gasteiger partial charge in [-0.1, -0.05) is 17.7 Å². The van der Waals surface area contributed by atoms with Crippen LogP contribution in [-0.4, -0.2) is 11.7 Å². The Morgan fingerprint density at radius 2 is 1.48 bits per heavy atom. The minimum Gasteiger partial charge on any atom is -0.490 e. The van der Waals surface area contributed by atoms with Crippen LogP contribution in [0.4, 0.5) is 8.78 Å². The average Bonchev–Trinajstić information content (AvgIpc) is 2.34. The molecule has 0 aliphatic heterocycles. The second-order valence-corrected chi connectivity index (χ2v) is 5.24. The van der Waals surface area contributed by atoms with Crippen LogP contribution in [0.25, 0.3) is 0 Å². The minimum atomic E-state index is -0.850. The quantitative estimate of drug-likeness (QED) is 0.923. The summed E-state index contributed by atoms with van der Waals surface area (Å²) in [5, 5.41) is 10.3. The van der Waals surface area contributed by atoms with Gasteiger partial charge in [-0.15, -0.1) is 0 Å². The zero-order valence-corrected chi connectivity index (χ0v) is 12.3. The lowest BCUT2D eigenvalue weighted by Gasteiger charge is -2.18. The maximum atomic E-state index is 13.1. The van der Waals surface area contributed by atoms with Crippen LogP contribution in [0.5, 0.6) is 5.75 Å². The summed E-state index contributed by atoms with van der Waals surface area (Å²) in [6.07, 6.45) is -0.850. The Kier molecular flexibility index (Phi) is 4.58. The summed E-state index contributed by atoms with van der Waals surface area (Å²) < 4.78 is 31.4. The van der Waals surface area contributed by atoms with Crippen LogP contribution in [0, 0.1) is 32.4 Å². The predicted molar refractivity (Wildman–Crippen MR) is 77.5 cm³/mol. The summed E-state index contributed by atoms with van der Waals surface area (Å²) in [5.41, 5.74) is 3.84. The molecule has 1 unspecified atom stereocenters. The Morgan fingerprint density at radius 1 is 0.952 bits per heavy atom. The molecular formula is C17H18F2O2. The third kappa shape index (κ3) is 3.79. The van der Waals surface area contributed by atoms with Crippen molar-refractivity contribution in [3.05, 3.63) is 64.2 Å². The first-order valence-electron chi connectivity index (χ1n) is 6.71. The smallest absolute Gasteiger partial charge is 0.129 e. The molecule has 0 fully saturated rings. The minimum absolute atomic E-state index is 0.0619. The van der Waals surface area contributed by atoms with E-state index in [9.17, 15) is 13.9 Å². The molecule has 112 valence electrons. The molecule has 21 heavy (non-hydrogen) atoms. The fraction of sp³-hybridized carbons (Fsp3) is 0.294. The van der Waals surface area contributed by atoms with Gasteiger partial charge in [-0.05, 0) is 37.5 Å². The number of hydrogen-bond acceptors (Lipinski definition) is 2. The Bertz CT molecular complexity index is 610. The van der Waals surface area contributed by atoms with E-state index in [4.69, 9.17) is 4.74 Å². The predicted octanol–water partition coefficient (Wildman–Crippen LogP) is 4.00. The molecule has 2 nitrogen and oxygen atoms in total. The summed E-state index contributed by atoms with van der Waals surface area (Å²) in [7, 11) is 0. The van der Waals surface area contributed by atoms with Crippen molar-refractivity contribution in [2.45, 2.75) is 26.9 Å². The van der Waals surface area contributed by atoms with E-state index in [1.165, 1.54) is 0 Å². The average molecular weight is 292 g/mol. The van der Waals surface area contributed by atoms with Crippen molar-refractivity contribution in [1.82, 2.24) is 0 Å². The molecule has 0 saturated heterocycles. The van der Waals surface area contributed by atoms with Gasteiger partial charge in [0.2, 0.25) is 0 Å². The van der Waals surface area contributed by atoms with Crippen molar-refractivity contribution in [2.75, 3.05) is 6.61 Å². The summed E-state index contributed by atoms with van der Waals surface area (Å²) in [4.78, 5) is 0. The zero-order chi connectivity index (χ0) is 15.6. The molecule has 0 aliphatic rings. The fourth-order valence-electron chi connectivity index (χ4n) is 2.59. The maximum Gasteiger partial charge on any atom is 0.129 e. The second-order valence-electron chi connectivity index (χ2n) is 5.24. The number of aliphatic hydroxyl groups is 1. The third-order valence-corrected chi connectivity index (χ3v) is 3.32. The van der Waals surface area contributed by atoms with Crippen molar-refractivity contribution < 1.29 is 18.6 Å². The molecule has 2 aromatic carbocycles. The van der Waals surface area contributed by atoms with E-state index in [-0.39, 0.29) is 12.4 Å². The topological polar surface area (TPSA) is 29.5 Å². The van der Waals surface area contributed by atoms with Gasteiger partial charge in [-0.3, -0.25) is 0 Å². The molecule has 0 heterocycles. The lowest BCUT2D eigenvalue weighted by Crippen LogP contribution is -2.13. The Labute approximate surface area is 123 Å². The molecule has 4 heteroatoms. The largest absolute Gasteiger partial charge is 0.490 e. The number of aliphatic hydroxyl groups excluding tert-OH is 1. The highest BCUT2D eigenvalue weighted by Gasteiger charge is 2.15. The number of rotatable bonds is 4. The van der Waals surface area contributed by atoms with Crippen molar-refractivity contribution in [2.24, 2.45) is 0 Å². The van der Waals surface area contributed by atoms with E-state index in [0.717, 1.165) is 40.5 Å².